The van der Waals surface area contributed by atoms with Gasteiger partial charge in [0.25, 0.3) is 0 Å². The number of tetrazole rings is 2. The number of likely N-dealkylation sites (tertiary alicyclic amines) is 1. The Morgan fingerprint density at radius 3 is 1.30 bits per heavy atom. The molecule has 0 unspecified atom stereocenters. The Morgan fingerprint density at radius 1 is 0.560 bits per heavy atom. The third-order valence-electron chi connectivity index (χ3n) is 14.9. The smallest absolute Gasteiger partial charge is 1.00 e. The number of amides is 1. The summed E-state index contributed by atoms with van der Waals surface area (Å²) in [5, 5.41) is 44.1. The van der Waals surface area contributed by atoms with E-state index in [9.17, 15) is 41.0 Å². The number of nitrogens with two attached hydrogens (primary N) is 1. The summed E-state index contributed by atoms with van der Waals surface area (Å²) in [6, 6.07) is 27.7. The van der Waals surface area contributed by atoms with Gasteiger partial charge in [-0.15, -0.1) is 20.4 Å². The summed E-state index contributed by atoms with van der Waals surface area (Å²) in [5.74, 6) is 0.439. The Kier molecular flexibility index (Phi) is 26.6. The van der Waals surface area contributed by atoms with E-state index in [2.05, 4.69) is 73.6 Å². The number of carbonyl (C=O) groups excluding carboxylic acids is 2. The molecule has 0 spiro atoms. The van der Waals surface area contributed by atoms with Crippen molar-refractivity contribution >= 4 is 34.6 Å². The number of hydrogen-bond donors (Lipinski definition) is 3. The number of piperidine rings is 2. The third kappa shape index (κ3) is 20.9. The first-order valence-electron chi connectivity index (χ1n) is 27.7. The maximum atomic E-state index is 12.8. The molecule has 84 heavy (non-hydrogen) atoms. The first-order valence-corrected chi connectivity index (χ1v) is 27.7. The molecule has 1 amide bonds. The molecule has 4 aromatic carbocycles. The van der Waals surface area contributed by atoms with E-state index in [1.165, 1.54) is 53.3 Å². The number of carboxylic acid groups (broad SMARTS) is 1. The van der Waals surface area contributed by atoms with Gasteiger partial charge in [0, 0.05) is 137 Å². The Bertz CT molecular complexity index is 2870. The van der Waals surface area contributed by atoms with Crippen molar-refractivity contribution in [2.75, 3.05) is 112 Å². The van der Waals surface area contributed by atoms with Gasteiger partial charge in [-0.1, -0.05) is 7.43 Å². The van der Waals surface area contributed by atoms with Crippen molar-refractivity contribution in [3.63, 3.8) is 0 Å². The number of nitrogens with zero attached hydrogens (tertiary/aromatic N) is 13. The van der Waals surface area contributed by atoms with Crippen molar-refractivity contribution in [1.82, 2.24) is 55.1 Å². The minimum atomic E-state index is -4.31. The largest absolute Gasteiger partial charge is 1.00 e. The van der Waals surface area contributed by atoms with E-state index in [1.54, 1.807) is 26.2 Å². The summed E-state index contributed by atoms with van der Waals surface area (Å²) < 4.78 is 76.0. The number of carbonyl (C=O) groups is 2. The van der Waals surface area contributed by atoms with Crippen molar-refractivity contribution in [3.05, 3.63) is 108 Å². The summed E-state index contributed by atoms with van der Waals surface area (Å²) in [4.78, 5) is 36.7. The maximum absolute atomic E-state index is 12.8. The molecule has 10 rings (SSSR count). The fourth-order valence-electron chi connectivity index (χ4n) is 10.3. The number of quaternary nitrogens is 1. The molecule has 0 atom stereocenters. The number of benzene rings is 4. The molecule has 4 aliphatic rings. The van der Waals surface area contributed by atoms with Crippen LogP contribution >= 0.6 is 0 Å². The van der Waals surface area contributed by atoms with Crippen LogP contribution in [0.5, 0.6) is 0 Å². The number of hydrogen-bond acceptors (Lipinski definition) is 15. The van der Waals surface area contributed by atoms with Crippen LogP contribution in [0, 0.1) is 0 Å². The predicted octanol–water partition coefficient (Wildman–Crippen LogP) is -0.0824. The predicted molar refractivity (Wildman–Crippen MR) is 300 cm³/mol. The van der Waals surface area contributed by atoms with Gasteiger partial charge >= 0.3 is 31.2 Å². The number of nitrogens with one attached hydrogen (secondary N) is 2. The van der Waals surface area contributed by atoms with Crippen LogP contribution in [0.15, 0.2) is 97.1 Å². The van der Waals surface area contributed by atoms with E-state index in [-0.39, 0.29) is 51.0 Å². The number of aryl methyl sites for hydroxylation is 2. The molecule has 27 heteroatoms. The molecular weight excluding hydrogens is 1110 g/mol. The second-order valence-corrected chi connectivity index (χ2v) is 20.8. The summed E-state index contributed by atoms with van der Waals surface area (Å²) in [6.45, 7) is 11.7. The van der Waals surface area contributed by atoms with Crippen LogP contribution in [0.3, 0.4) is 0 Å². The number of rotatable bonds is 16. The number of piperazine rings is 2. The average Bonchev–Trinajstić information content (AvgIpc) is 4.15. The van der Waals surface area contributed by atoms with Gasteiger partial charge in [0.1, 0.15) is 0 Å². The van der Waals surface area contributed by atoms with E-state index in [0.717, 1.165) is 144 Å². The van der Waals surface area contributed by atoms with Crippen LogP contribution < -0.4 is 62.1 Å². The summed E-state index contributed by atoms with van der Waals surface area (Å²) in [5.41, 5.74) is 4.45. The van der Waals surface area contributed by atoms with Crippen molar-refractivity contribution < 1.29 is 77.6 Å². The van der Waals surface area contributed by atoms with Crippen molar-refractivity contribution in [3.8, 4) is 22.8 Å². The average molecular weight is 1190 g/mol. The van der Waals surface area contributed by atoms with Crippen LogP contribution in [0.2, 0.25) is 0 Å². The van der Waals surface area contributed by atoms with Gasteiger partial charge in [0.15, 0.2) is 0 Å². The van der Waals surface area contributed by atoms with E-state index in [1.807, 2.05) is 46.2 Å². The Balaban J connectivity index is 0.000000248. The maximum Gasteiger partial charge on any atom is 1.00 e. The zero-order chi connectivity index (χ0) is 57.4. The number of alkyl halides is 6. The van der Waals surface area contributed by atoms with E-state index < -0.39 is 29.4 Å². The Labute approximate surface area is 505 Å². The van der Waals surface area contributed by atoms with Gasteiger partial charge in [-0.05, 0) is 153 Å². The van der Waals surface area contributed by atoms with Crippen molar-refractivity contribution in [2.45, 2.75) is 83.2 Å². The summed E-state index contributed by atoms with van der Waals surface area (Å²) >= 11 is 0. The number of aromatic nitrogens is 8. The van der Waals surface area contributed by atoms with Gasteiger partial charge in [-0.3, -0.25) is 14.6 Å². The first kappa shape index (κ1) is 68.3. The molecule has 0 bridgehead atoms. The number of anilines is 4. The fourth-order valence-corrected chi connectivity index (χ4v) is 10.3. The van der Waals surface area contributed by atoms with Gasteiger partial charge in [0.2, 0.25) is 17.6 Å². The zero-order valence-electron chi connectivity index (χ0n) is 47.2. The third-order valence-corrected chi connectivity index (χ3v) is 14.9. The molecule has 4 saturated heterocycles. The number of halogens is 7. The molecule has 4 N–H and O–H groups in total. The van der Waals surface area contributed by atoms with E-state index in [4.69, 9.17) is 0 Å². The summed E-state index contributed by atoms with van der Waals surface area (Å²) in [7, 11) is 3.51. The van der Waals surface area contributed by atoms with Crippen LogP contribution in [-0.2, 0) is 36.0 Å². The first-order chi connectivity index (χ1) is 38.9. The minimum absolute atomic E-state index is 0. The van der Waals surface area contributed by atoms with Crippen LogP contribution in [-0.4, -0.2) is 171 Å². The molecule has 6 aromatic rings. The second kappa shape index (κ2) is 32.7. The minimum Gasteiger partial charge on any atom is -1.00 e. The van der Waals surface area contributed by atoms with Gasteiger partial charge in [0.05, 0.1) is 38.3 Å². The number of aliphatic carboxylic acids is 1. The molecule has 0 aliphatic carbocycles. The monoisotopic (exact) mass is 1190 g/mol. The van der Waals surface area contributed by atoms with Gasteiger partial charge in [-0.2, -0.15) is 35.9 Å². The molecule has 19 nitrogen and oxygen atoms in total. The standard InChI is InChI=1S/C28H35F3N8O.C15H19F3N2O2.C13H18N6.CH4.ClH.Li/c1-36-34-27(33-35-36)21-4-8-23(9-5-21)32-24-12-15-39(16-13-24)26(40)3-2-14-37-17-19-38(20-18-37)25-10-6-22(7-11-25)28(29,30)31;16-15(17,18)12-3-5-13(6-4-12)20-10-8-19(9-11-20)7-1-2-14(21)22;1-19-17-13(16-18-19)10-2-4-11(5-3-10)15-12-6-8-14-9-7-12;;;/h4-11,24,32H,2-3,12-20H2,1H3;3-6H,1-2,7-11H2,(H,21,22);2-5,12,14-15H,6-9H2,1H3;1H4;1H;/q;;;;;+1/p-1. The van der Waals surface area contributed by atoms with Crippen LogP contribution in [0.1, 0.15) is 69.9 Å². The SMILES string of the molecule is C.Cn1nnc(-c2ccc(NC3CCN(C(=O)CCCN4CCN(c5ccc(C(F)(F)F)cc5)CC4)CC3)cc2)n1.Cn1nnc(-c2ccc(NC3CC[NH2+]CC3)cc2)n1.O=C([O-])CCCN1CCN(c2ccc(C(F)(F)F)cc2)CC1.[Cl-].[Li+]. The van der Waals surface area contributed by atoms with Crippen LogP contribution in [0.25, 0.3) is 22.8 Å². The Morgan fingerprint density at radius 2 is 0.940 bits per heavy atom. The quantitative estimate of drug-likeness (QED) is 0.0858. The molecule has 0 saturated carbocycles. The van der Waals surface area contributed by atoms with Crippen molar-refractivity contribution in [1.29, 1.82) is 0 Å². The second-order valence-electron chi connectivity index (χ2n) is 20.8. The fraction of sp³-hybridized carbons (Fsp3) is 0.509. The molecule has 452 valence electrons. The topological polar surface area (TPSA) is 201 Å². The van der Waals surface area contributed by atoms with Crippen molar-refractivity contribution in [2.24, 2.45) is 14.1 Å². The molecule has 4 fully saturated rings. The van der Waals surface area contributed by atoms with Gasteiger partial charge in [-0.25, -0.2) is 0 Å². The Hall–Kier alpha value is -6.49. The summed E-state index contributed by atoms with van der Waals surface area (Å²) in [6.07, 6.45) is -2.39. The zero-order valence-corrected chi connectivity index (χ0v) is 48.0. The van der Waals surface area contributed by atoms with Crippen LogP contribution in [0.4, 0.5) is 49.1 Å². The normalized spacial score (nSPS) is 16.4. The van der Waals surface area contributed by atoms with Gasteiger partial charge < -0.3 is 53.0 Å². The number of carboxylic acids is 1. The molecule has 0 radical (unpaired) electrons. The molecule has 2 aromatic heterocycles. The van der Waals surface area contributed by atoms with E-state index >= 15 is 0 Å². The molecule has 4 aliphatic heterocycles. The van der Waals surface area contributed by atoms with E-state index in [0.29, 0.717) is 43.1 Å². The molecule has 6 heterocycles. The molecular formula is C57H76ClF6LiN16O3.